The van der Waals surface area contributed by atoms with Crippen LogP contribution in [0.2, 0.25) is 0 Å². The first-order valence-corrected chi connectivity index (χ1v) is 10.4. The van der Waals surface area contributed by atoms with Gasteiger partial charge in [0.1, 0.15) is 0 Å². The molecule has 3 N–H and O–H groups in total. The standard InChI is InChI=1S/C23H24N4O3S/c1-14-12-18(15(2)27(14)17-7-5-6-16(13-17)22(29)30)21-20(19-8-3-4-9-24-19)25-23(31)26(21)10-11-28/h3-9,12-13,20-21,28H,10-11H2,1-2H3,(H,25,31)(H,29,30)/t20-,21+/m0/s1. The Morgan fingerprint density at radius 2 is 2.00 bits per heavy atom. The Balaban J connectivity index is 1.83. The fourth-order valence-corrected chi connectivity index (χ4v) is 4.69. The maximum atomic E-state index is 11.5. The summed E-state index contributed by atoms with van der Waals surface area (Å²) in [6.07, 6.45) is 1.76. The van der Waals surface area contributed by atoms with Crippen molar-refractivity contribution in [2.75, 3.05) is 13.2 Å². The van der Waals surface area contributed by atoms with Crippen LogP contribution >= 0.6 is 12.2 Å². The summed E-state index contributed by atoms with van der Waals surface area (Å²) in [4.78, 5) is 18.0. The number of aryl methyl sites for hydroxylation is 1. The third-order valence-corrected chi connectivity index (χ3v) is 6.03. The molecule has 1 fully saturated rings. The van der Waals surface area contributed by atoms with E-state index in [1.54, 1.807) is 24.4 Å². The van der Waals surface area contributed by atoms with E-state index in [-0.39, 0.29) is 24.3 Å². The monoisotopic (exact) mass is 436 g/mol. The molecular formula is C23H24N4O3S. The molecule has 160 valence electrons. The van der Waals surface area contributed by atoms with E-state index in [0.717, 1.165) is 28.3 Å². The van der Waals surface area contributed by atoms with E-state index in [2.05, 4.69) is 20.9 Å². The van der Waals surface area contributed by atoms with Crippen LogP contribution in [0, 0.1) is 13.8 Å². The van der Waals surface area contributed by atoms with Gasteiger partial charge in [-0.3, -0.25) is 4.98 Å². The lowest BCUT2D eigenvalue weighted by atomic mass is 9.97. The molecule has 2 aromatic heterocycles. The summed E-state index contributed by atoms with van der Waals surface area (Å²) < 4.78 is 2.05. The fraction of sp³-hybridized carbons (Fsp3) is 0.261. The second-order valence-electron chi connectivity index (χ2n) is 7.56. The quantitative estimate of drug-likeness (QED) is 0.512. The van der Waals surface area contributed by atoms with Gasteiger partial charge in [0.2, 0.25) is 0 Å². The summed E-state index contributed by atoms with van der Waals surface area (Å²) in [6.45, 7) is 4.39. The van der Waals surface area contributed by atoms with Crippen LogP contribution in [0.25, 0.3) is 5.69 Å². The zero-order chi connectivity index (χ0) is 22.1. The lowest BCUT2D eigenvalue weighted by molar-refractivity contribution is 0.0697. The largest absolute Gasteiger partial charge is 0.478 e. The second kappa shape index (κ2) is 8.49. The van der Waals surface area contributed by atoms with Crippen molar-refractivity contribution in [3.05, 3.63) is 82.9 Å². The van der Waals surface area contributed by atoms with E-state index in [4.69, 9.17) is 12.2 Å². The second-order valence-corrected chi connectivity index (χ2v) is 7.95. The number of carboxylic acids is 1. The number of hydrogen-bond donors (Lipinski definition) is 3. The molecule has 3 heterocycles. The minimum absolute atomic E-state index is 0.0212. The van der Waals surface area contributed by atoms with E-state index in [0.29, 0.717) is 11.7 Å². The van der Waals surface area contributed by atoms with E-state index < -0.39 is 5.97 Å². The number of aromatic carboxylic acids is 1. The predicted molar refractivity (Wildman–Crippen MR) is 121 cm³/mol. The molecule has 8 heteroatoms. The van der Waals surface area contributed by atoms with Crippen molar-refractivity contribution < 1.29 is 15.0 Å². The van der Waals surface area contributed by atoms with E-state index >= 15 is 0 Å². The molecule has 0 aliphatic carbocycles. The minimum atomic E-state index is -0.959. The van der Waals surface area contributed by atoms with E-state index in [1.807, 2.05) is 43.0 Å². The molecule has 1 aliphatic heterocycles. The van der Waals surface area contributed by atoms with Gasteiger partial charge in [-0.05, 0) is 68.0 Å². The topological polar surface area (TPSA) is 90.6 Å². The first-order valence-electron chi connectivity index (χ1n) is 10.0. The van der Waals surface area contributed by atoms with Crippen LogP contribution in [0.3, 0.4) is 0 Å². The number of nitrogens with zero attached hydrogens (tertiary/aromatic N) is 3. The average molecular weight is 437 g/mol. The van der Waals surface area contributed by atoms with E-state index in [1.165, 1.54) is 0 Å². The number of aliphatic hydroxyl groups is 1. The highest BCUT2D eigenvalue weighted by Gasteiger charge is 2.41. The molecule has 0 bridgehead atoms. The summed E-state index contributed by atoms with van der Waals surface area (Å²) in [5.74, 6) is -0.959. The normalized spacial score (nSPS) is 18.3. The van der Waals surface area contributed by atoms with Gasteiger partial charge in [-0.25, -0.2) is 4.79 Å². The van der Waals surface area contributed by atoms with Gasteiger partial charge in [0, 0.05) is 29.8 Å². The van der Waals surface area contributed by atoms with Crippen molar-refractivity contribution in [3.8, 4) is 5.69 Å². The van der Waals surface area contributed by atoms with Crippen LogP contribution in [0.5, 0.6) is 0 Å². The maximum absolute atomic E-state index is 11.5. The van der Waals surface area contributed by atoms with Crippen molar-refractivity contribution in [3.63, 3.8) is 0 Å². The van der Waals surface area contributed by atoms with Gasteiger partial charge in [-0.15, -0.1) is 0 Å². The summed E-state index contributed by atoms with van der Waals surface area (Å²) >= 11 is 5.59. The molecule has 0 amide bonds. The molecule has 0 radical (unpaired) electrons. The number of carboxylic acid groups (broad SMARTS) is 1. The number of benzene rings is 1. The summed E-state index contributed by atoms with van der Waals surface area (Å²) in [5, 5.41) is 23.0. The van der Waals surface area contributed by atoms with Crippen LogP contribution in [-0.4, -0.2) is 48.9 Å². The number of aliphatic hydroxyl groups excluding tert-OH is 1. The zero-order valence-corrected chi connectivity index (χ0v) is 18.1. The number of β-amino-alcohol motifs (C(OH)–C–C–N with tert-alkyl or cyclic N) is 1. The lowest BCUT2D eigenvalue weighted by Gasteiger charge is -2.27. The van der Waals surface area contributed by atoms with E-state index in [9.17, 15) is 15.0 Å². The Bertz CT molecular complexity index is 1130. The van der Waals surface area contributed by atoms with Crippen LogP contribution in [0.4, 0.5) is 0 Å². The summed E-state index contributed by atoms with van der Waals surface area (Å²) in [7, 11) is 0. The number of rotatable bonds is 6. The smallest absolute Gasteiger partial charge is 0.335 e. The lowest BCUT2D eigenvalue weighted by Crippen LogP contribution is -2.32. The number of thiocarbonyl (C=S) groups is 1. The van der Waals surface area contributed by atoms with Crippen molar-refractivity contribution in [1.82, 2.24) is 19.8 Å². The number of pyridine rings is 1. The number of nitrogens with one attached hydrogen (secondary N) is 1. The molecule has 0 saturated carbocycles. The van der Waals surface area contributed by atoms with Gasteiger partial charge in [-0.1, -0.05) is 12.1 Å². The highest BCUT2D eigenvalue weighted by Crippen LogP contribution is 2.41. The molecule has 3 aromatic rings. The molecular weight excluding hydrogens is 412 g/mol. The highest BCUT2D eigenvalue weighted by atomic mass is 32.1. The van der Waals surface area contributed by atoms with Crippen molar-refractivity contribution in [2.45, 2.75) is 25.9 Å². The first-order chi connectivity index (χ1) is 14.9. The Morgan fingerprint density at radius 1 is 1.19 bits per heavy atom. The Labute approximate surface area is 186 Å². The third-order valence-electron chi connectivity index (χ3n) is 5.68. The Kier molecular flexibility index (Phi) is 5.75. The molecule has 1 aromatic carbocycles. The molecule has 1 aliphatic rings. The van der Waals surface area contributed by atoms with Gasteiger partial charge in [-0.2, -0.15) is 0 Å². The van der Waals surface area contributed by atoms with Crippen molar-refractivity contribution >= 4 is 23.3 Å². The van der Waals surface area contributed by atoms with Crippen LogP contribution in [-0.2, 0) is 0 Å². The Hall–Kier alpha value is -3.23. The molecule has 1 saturated heterocycles. The molecule has 2 atom stereocenters. The average Bonchev–Trinajstić information content (AvgIpc) is 3.24. The van der Waals surface area contributed by atoms with Gasteiger partial charge in [0.15, 0.2) is 5.11 Å². The predicted octanol–water partition coefficient (Wildman–Crippen LogP) is 3.15. The van der Waals surface area contributed by atoms with Gasteiger partial charge >= 0.3 is 5.97 Å². The Morgan fingerprint density at radius 3 is 2.68 bits per heavy atom. The van der Waals surface area contributed by atoms with Gasteiger partial charge in [0.25, 0.3) is 0 Å². The van der Waals surface area contributed by atoms with Crippen molar-refractivity contribution in [1.29, 1.82) is 0 Å². The first kappa shape index (κ1) is 21.0. The fourth-order valence-electron chi connectivity index (χ4n) is 4.35. The summed E-state index contributed by atoms with van der Waals surface area (Å²) in [6, 6.07) is 14.5. The third kappa shape index (κ3) is 3.80. The zero-order valence-electron chi connectivity index (χ0n) is 17.3. The molecule has 31 heavy (non-hydrogen) atoms. The van der Waals surface area contributed by atoms with Gasteiger partial charge in [0.05, 0.1) is 29.9 Å². The minimum Gasteiger partial charge on any atom is -0.478 e. The summed E-state index contributed by atoms with van der Waals surface area (Å²) in [5.41, 5.74) is 4.92. The van der Waals surface area contributed by atoms with Crippen molar-refractivity contribution in [2.24, 2.45) is 0 Å². The molecule has 0 spiro atoms. The molecule has 4 rings (SSSR count). The van der Waals surface area contributed by atoms with Crippen LogP contribution in [0.1, 0.15) is 45.1 Å². The number of carbonyl (C=O) groups is 1. The number of hydrogen-bond acceptors (Lipinski definition) is 4. The molecule has 7 nitrogen and oxygen atoms in total. The highest BCUT2D eigenvalue weighted by molar-refractivity contribution is 7.80. The van der Waals surface area contributed by atoms with Crippen LogP contribution in [0.15, 0.2) is 54.7 Å². The SMILES string of the molecule is Cc1cc([C@@H]2[C@H](c3ccccn3)NC(=S)N2CCO)c(C)n1-c1cccc(C(=O)O)c1. The van der Waals surface area contributed by atoms with Crippen LogP contribution < -0.4 is 5.32 Å². The maximum Gasteiger partial charge on any atom is 0.335 e. The van der Waals surface area contributed by atoms with Gasteiger partial charge < -0.3 is 25.0 Å². The number of aromatic nitrogens is 2. The molecule has 0 unspecified atom stereocenters.